The third kappa shape index (κ3) is 4.95. The molecule has 0 aliphatic carbocycles. The lowest BCUT2D eigenvalue weighted by Crippen LogP contribution is -2.50. The molecular formula is C19H26ClNO4. The Hall–Kier alpha value is -1.59. The van der Waals surface area contributed by atoms with Gasteiger partial charge in [-0.15, -0.1) is 0 Å². The van der Waals surface area contributed by atoms with E-state index in [0.717, 1.165) is 5.56 Å². The largest absolute Gasteiger partial charge is 0.481 e. The van der Waals surface area contributed by atoms with Crippen LogP contribution in [0.5, 0.6) is 0 Å². The van der Waals surface area contributed by atoms with Crippen molar-refractivity contribution in [1.29, 1.82) is 0 Å². The second-order valence-corrected chi connectivity index (χ2v) is 7.27. The Kier molecular flexibility index (Phi) is 6.85. The monoisotopic (exact) mass is 367 g/mol. The van der Waals surface area contributed by atoms with Gasteiger partial charge in [0.25, 0.3) is 0 Å². The molecule has 0 aromatic heterocycles. The maximum Gasteiger partial charge on any atom is 0.304 e. The first-order valence-corrected chi connectivity index (χ1v) is 9.18. The van der Waals surface area contributed by atoms with E-state index < -0.39 is 18.0 Å². The van der Waals surface area contributed by atoms with Crippen LogP contribution in [0, 0.1) is 5.92 Å². The Bertz CT molecular complexity index is 602. The number of carbonyl (C=O) groups is 2. The first-order chi connectivity index (χ1) is 11.8. The summed E-state index contributed by atoms with van der Waals surface area (Å²) in [5.74, 6) is -1.57. The number of benzene rings is 1. The highest BCUT2D eigenvalue weighted by Gasteiger charge is 2.40. The molecule has 1 aliphatic heterocycles. The number of rotatable bonds is 7. The van der Waals surface area contributed by atoms with Gasteiger partial charge in [0, 0.05) is 17.0 Å². The minimum Gasteiger partial charge on any atom is -0.481 e. The van der Waals surface area contributed by atoms with Gasteiger partial charge in [0.05, 0.1) is 18.6 Å². The quantitative estimate of drug-likeness (QED) is 0.771. The molecule has 6 heteroatoms. The maximum atomic E-state index is 13.0. The van der Waals surface area contributed by atoms with Crippen LogP contribution in [0.2, 0.25) is 5.02 Å². The normalized spacial score (nSPS) is 23.4. The van der Waals surface area contributed by atoms with Crippen molar-refractivity contribution in [3.05, 3.63) is 34.9 Å². The van der Waals surface area contributed by atoms with Crippen molar-refractivity contribution in [1.82, 2.24) is 4.90 Å². The van der Waals surface area contributed by atoms with Crippen LogP contribution in [0.25, 0.3) is 0 Å². The molecule has 4 atom stereocenters. The standard InChI is InChI=1S/C19H26ClNO4/c1-3-16(10-12(2)22)21-17(13-4-7-15(20)8-5-13)9-6-14(19(21)25)11-18(23)24/h4-5,7-8,12,14,16-17,22H,3,6,9-11H2,1-2H3,(H,23,24)/t12?,14-,16+,17+/m1/s1. The van der Waals surface area contributed by atoms with Gasteiger partial charge in [0.1, 0.15) is 0 Å². The SMILES string of the molecule is CC[C@@H](CC(C)O)N1C(=O)[C@@H](CC(=O)O)CC[C@H]1c1ccc(Cl)cc1. The molecule has 0 bridgehead atoms. The van der Waals surface area contributed by atoms with E-state index in [0.29, 0.717) is 30.7 Å². The number of hydrogen-bond donors (Lipinski definition) is 2. The van der Waals surface area contributed by atoms with Gasteiger partial charge in [-0.2, -0.15) is 0 Å². The van der Waals surface area contributed by atoms with Crippen molar-refractivity contribution < 1.29 is 19.8 Å². The van der Waals surface area contributed by atoms with E-state index in [1.54, 1.807) is 19.1 Å². The van der Waals surface area contributed by atoms with Crippen molar-refractivity contribution in [3.63, 3.8) is 0 Å². The Morgan fingerprint density at radius 3 is 2.48 bits per heavy atom. The molecule has 5 nitrogen and oxygen atoms in total. The smallest absolute Gasteiger partial charge is 0.304 e. The zero-order valence-electron chi connectivity index (χ0n) is 14.7. The van der Waals surface area contributed by atoms with E-state index in [-0.39, 0.29) is 24.4 Å². The van der Waals surface area contributed by atoms with Gasteiger partial charge < -0.3 is 15.1 Å². The van der Waals surface area contributed by atoms with Crippen LogP contribution in [0.3, 0.4) is 0 Å². The Balaban J connectivity index is 2.34. The molecular weight excluding hydrogens is 342 g/mol. The third-order valence-corrected chi connectivity index (χ3v) is 5.13. The lowest BCUT2D eigenvalue weighted by molar-refractivity contribution is -0.152. The van der Waals surface area contributed by atoms with Gasteiger partial charge in [0.15, 0.2) is 0 Å². The summed E-state index contributed by atoms with van der Waals surface area (Å²) in [4.78, 5) is 26.0. The lowest BCUT2D eigenvalue weighted by atomic mass is 9.84. The molecule has 2 N–H and O–H groups in total. The number of carboxylic acid groups (broad SMARTS) is 1. The fourth-order valence-corrected chi connectivity index (χ4v) is 3.83. The van der Waals surface area contributed by atoms with E-state index in [1.807, 2.05) is 24.0 Å². The van der Waals surface area contributed by atoms with Crippen LogP contribution in [-0.2, 0) is 9.59 Å². The number of amides is 1. The number of halogens is 1. The first kappa shape index (κ1) is 19.7. The summed E-state index contributed by atoms with van der Waals surface area (Å²) < 4.78 is 0. The number of nitrogens with zero attached hydrogens (tertiary/aromatic N) is 1. The van der Waals surface area contributed by atoms with Gasteiger partial charge in [-0.05, 0) is 50.3 Å². The minimum atomic E-state index is -0.952. The molecule has 1 aromatic carbocycles. The number of carbonyl (C=O) groups excluding carboxylic acids is 1. The highest BCUT2D eigenvalue weighted by Crippen LogP contribution is 2.38. The van der Waals surface area contributed by atoms with Crippen LogP contribution in [-0.4, -0.2) is 39.1 Å². The number of piperidine rings is 1. The van der Waals surface area contributed by atoms with Crippen LogP contribution < -0.4 is 0 Å². The highest BCUT2D eigenvalue weighted by molar-refractivity contribution is 6.30. The summed E-state index contributed by atoms with van der Waals surface area (Å²) in [5.41, 5.74) is 0.996. The Labute approximate surface area is 153 Å². The molecule has 1 saturated heterocycles. The first-order valence-electron chi connectivity index (χ1n) is 8.81. The number of aliphatic carboxylic acids is 1. The Morgan fingerprint density at radius 2 is 1.96 bits per heavy atom. The van der Waals surface area contributed by atoms with E-state index in [1.165, 1.54) is 0 Å². The summed E-state index contributed by atoms with van der Waals surface area (Å²) >= 11 is 5.98. The van der Waals surface area contributed by atoms with Crippen molar-refractivity contribution >= 4 is 23.5 Å². The summed E-state index contributed by atoms with van der Waals surface area (Å²) in [6, 6.07) is 7.21. The summed E-state index contributed by atoms with van der Waals surface area (Å²) in [6.07, 6.45) is 1.78. The molecule has 0 saturated carbocycles. The van der Waals surface area contributed by atoms with Crippen LogP contribution in [0.1, 0.15) is 57.6 Å². The summed E-state index contributed by atoms with van der Waals surface area (Å²) in [7, 11) is 0. The Morgan fingerprint density at radius 1 is 1.32 bits per heavy atom. The predicted molar refractivity (Wildman–Crippen MR) is 96.4 cm³/mol. The molecule has 0 spiro atoms. The van der Waals surface area contributed by atoms with Gasteiger partial charge in [0.2, 0.25) is 5.91 Å². The van der Waals surface area contributed by atoms with Crippen molar-refractivity contribution in [2.24, 2.45) is 5.92 Å². The molecule has 25 heavy (non-hydrogen) atoms. The molecule has 2 rings (SSSR count). The number of hydrogen-bond acceptors (Lipinski definition) is 3. The second-order valence-electron chi connectivity index (χ2n) is 6.83. The minimum absolute atomic E-state index is 0.112. The predicted octanol–water partition coefficient (Wildman–Crippen LogP) is 3.64. The van der Waals surface area contributed by atoms with E-state index in [2.05, 4.69) is 0 Å². The number of carboxylic acids is 1. The number of likely N-dealkylation sites (tertiary alicyclic amines) is 1. The van der Waals surface area contributed by atoms with Crippen molar-refractivity contribution in [3.8, 4) is 0 Å². The molecule has 1 aliphatic rings. The zero-order chi connectivity index (χ0) is 18.6. The van der Waals surface area contributed by atoms with Crippen LogP contribution in [0.4, 0.5) is 0 Å². The van der Waals surface area contributed by atoms with Gasteiger partial charge in [-0.1, -0.05) is 30.7 Å². The van der Waals surface area contributed by atoms with Gasteiger partial charge in [-0.3, -0.25) is 9.59 Å². The molecule has 138 valence electrons. The third-order valence-electron chi connectivity index (χ3n) is 4.88. The highest BCUT2D eigenvalue weighted by atomic mass is 35.5. The summed E-state index contributed by atoms with van der Waals surface area (Å²) in [5, 5.41) is 19.6. The van der Waals surface area contributed by atoms with E-state index >= 15 is 0 Å². The topological polar surface area (TPSA) is 77.8 Å². The van der Waals surface area contributed by atoms with Crippen LogP contribution in [0.15, 0.2) is 24.3 Å². The average Bonchev–Trinajstić information content (AvgIpc) is 2.55. The second kappa shape index (κ2) is 8.68. The van der Waals surface area contributed by atoms with Gasteiger partial charge >= 0.3 is 5.97 Å². The molecule has 1 unspecified atom stereocenters. The van der Waals surface area contributed by atoms with Crippen molar-refractivity contribution in [2.75, 3.05) is 0 Å². The average molecular weight is 368 g/mol. The summed E-state index contributed by atoms with van der Waals surface area (Å²) in [6.45, 7) is 3.70. The molecule has 0 radical (unpaired) electrons. The van der Waals surface area contributed by atoms with Crippen LogP contribution >= 0.6 is 11.6 Å². The van der Waals surface area contributed by atoms with Crippen molar-refractivity contribution in [2.45, 2.75) is 64.1 Å². The molecule has 1 aromatic rings. The molecule has 1 heterocycles. The fraction of sp³-hybridized carbons (Fsp3) is 0.579. The van der Waals surface area contributed by atoms with E-state index in [4.69, 9.17) is 16.7 Å². The van der Waals surface area contributed by atoms with Gasteiger partial charge in [-0.25, -0.2) is 0 Å². The lowest BCUT2D eigenvalue weighted by Gasteiger charge is -2.44. The van der Waals surface area contributed by atoms with E-state index in [9.17, 15) is 14.7 Å². The maximum absolute atomic E-state index is 13.0. The molecule has 1 amide bonds. The zero-order valence-corrected chi connectivity index (χ0v) is 15.4. The number of aliphatic hydroxyl groups is 1. The number of aliphatic hydroxyl groups excluding tert-OH is 1. The molecule has 1 fully saturated rings. The fourth-order valence-electron chi connectivity index (χ4n) is 3.70.